The minimum absolute atomic E-state index is 0.670. The van der Waals surface area contributed by atoms with Gasteiger partial charge in [0.2, 0.25) is 0 Å². The molecular weight excluding hydrogens is 381 g/mol. The quantitative estimate of drug-likeness (QED) is 0.276. The molecule has 4 aromatic carbocycles. The third kappa shape index (κ3) is 4.27. The first-order valence-corrected chi connectivity index (χ1v) is 11.6. The summed E-state index contributed by atoms with van der Waals surface area (Å²) in [5.74, 6) is 0. The van der Waals surface area contributed by atoms with Crippen molar-refractivity contribution in [2.75, 3.05) is 0 Å². The average molecular weight is 407 g/mol. The van der Waals surface area contributed by atoms with Gasteiger partial charge in [0.15, 0.2) is 0 Å². The van der Waals surface area contributed by atoms with Gasteiger partial charge in [-0.3, -0.25) is 4.99 Å². The van der Waals surface area contributed by atoms with Gasteiger partial charge in [-0.25, -0.2) is 0 Å². The zero-order chi connectivity index (χ0) is 20.9. The molecule has 0 aliphatic heterocycles. The first kappa shape index (κ1) is 20.3. The van der Waals surface area contributed by atoms with Crippen LogP contribution in [0.3, 0.4) is 0 Å². The molecule has 2 heteroatoms. The third-order valence-electron chi connectivity index (χ3n) is 5.28. The summed E-state index contributed by atoms with van der Waals surface area (Å²) in [4.78, 5) is 5.09. The van der Waals surface area contributed by atoms with Gasteiger partial charge in [-0.2, -0.15) is 0 Å². The maximum atomic E-state index is 5.09. The van der Waals surface area contributed by atoms with E-state index in [0.717, 1.165) is 11.4 Å². The SMILES string of the molecule is CC(=Nc1c(C)cccc1C)c1ccccc1P(c1ccccc1)c1ccccc1. The number of benzene rings is 4. The summed E-state index contributed by atoms with van der Waals surface area (Å²) in [6.07, 6.45) is 0. The summed E-state index contributed by atoms with van der Waals surface area (Å²) >= 11 is 0. The Morgan fingerprint density at radius 3 is 1.67 bits per heavy atom. The van der Waals surface area contributed by atoms with E-state index in [0.29, 0.717) is 0 Å². The fourth-order valence-corrected chi connectivity index (χ4v) is 6.27. The highest BCUT2D eigenvalue weighted by Crippen LogP contribution is 2.34. The van der Waals surface area contributed by atoms with Gasteiger partial charge in [0.25, 0.3) is 0 Å². The minimum Gasteiger partial charge on any atom is -0.253 e. The Bertz CT molecular complexity index is 1100. The lowest BCUT2D eigenvalue weighted by atomic mass is 10.1. The van der Waals surface area contributed by atoms with E-state index in [1.807, 2.05) is 0 Å². The lowest BCUT2D eigenvalue weighted by molar-refractivity contribution is 1.32. The Morgan fingerprint density at radius 2 is 1.10 bits per heavy atom. The molecule has 0 saturated carbocycles. The molecule has 0 aliphatic carbocycles. The van der Waals surface area contributed by atoms with E-state index in [2.05, 4.69) is 124 Å². The van der Waals surface area contributed by atoms with Crippen LogP contribution in [0.4, 0.5) is 5.69 Å². The largest absolute Gasteiger partial charge is 0.253 e. The normalized spacial score (nSPS) is 11.7. The summed E-state index contributed by atoms with van der Waals surface area (Å²) in [7, 11) is -0.670. The maximum Gasteiger partial charge on any atom is 0.0691 e. The lowest BCUT2D eigenvalue weighted by Gasteiger charge is -2.22. The van der Waals surface area contributed by atoms with Crippen molar-refractivity contribution in [3.8, 4) is 0 Å². The van der Waals surface area contributed by atoms with E-state index >= 15 is 0 Å². The second kappa shape index (κ2) is 9.20. The van der Waals surface area contributed by atoms with Gasteiger partial charge in [-0.05, 0) is 55.7 Å². The Hall–Kier alpha value is -3.02. The van der Waals surface area contributed by atoms with Crippen molar-refractivity contribution in [1.29, 1.82) is 0 Å². The van der Waals surface area contributed by atoms with Crippen molar-refractivity contribution in [2.24, 2.45) is 4.99 Å². The lowest BCUT2D eigenvalue weighted by Crippen LogP contribution is -2.24. The van der Waals surface area contributed by atoms with E-state index in [4.69, 9.17) is 4.99 Å². The number of hydrogen-bond donors (Lipinski definition) is 0. The fraction of sp³-hybridized carbons (Fsp3) is 0.107. The molecule has 148 valence electrons. The van der Waals surface area contributed by atoms with Crippen LogP contribution in [0.1, 0.15) is 23.6 Å². The van der Waals surface area contributed by atoms with Crippen LogP contribution >= 0.6 is 7.92 Å². The zero-order valence-electron chi connectivity index (χ0n) is 17.7. The topological polar surface area (TPSA) is 12.4 Å². The number of para-hydroxylation sites is 1. The Kier molecular flexibility index (Phi) is 6.21. The molecule has 4 rings (SSSR count). The Labute approximate surface area is 180 Å². The standard InChI is InChI=1S/C28H26NP/c1-21-13-12-14-22(2)28(21)29-23(3)26-19-10-11-20-27(26)30(24-15-6-4-7-16-24)25-17-8-5-9-18-25/h4-20H,1-3H3. The van der Waals surface area contributed by atoms with Crippen LogP contribution in [0.25, 0.3) is 0 Å². The number of aliphatic imine (C=N–C) groups is 1. The van der Waals surface area contributed by atoms with Crippen LogP contribution in [-0.2, 0) is 0 Å². The van der Waals surface area contributed by atoms with Crippen LogP contribution in [-0.4, -0.2) is 5.71 Å². The summed E-state index contributed by atoms with van der Waals surface area (Å²) in [6, 6.07) is 36.8. The molecule has 0 unspecified atom stereocenters. The monoisotopic (exact) mass is 407 g/mol. The second-order valence-electron chi connectivity index (χ2n) is 7.46. The van der Waals surface area contributed by atoms with Crippen molar-refractivity contribution in [2.45, 2.75) is 20.8 Å². The van der Waals surface area contributed by atoms with Crippen LogP contribution in [0, 0.1) is 13.8 Å². The second-order valence-corrected chi connectivity index (χ2v) is 9.65. The van der Waals surface area contributed by atoms with Crippen LogP contribution in [0.2, 0.25) is 0 Å². The summed E-state index contributed by atoms with van der Waals surface area (Å²) < 4.78 is 0. The highest BCUT2D eigenvalue weighted by Gasteiger charge is 2.20. The van der Waals surface area contributed by atoms with Gasteiger partial charge in [0, 0.05) is 11.3 Å². The molecule has 0 amide bonds. The van der Waals surface area contributed by atoms with Gasteiger partial charge in [0.05, 0.1) is 5.69 Å². The molecule has 0 radical (unpaired) electrons. The minimum atomic E-state index is -0.670. The molecule has 0 bridgehead atoms. The number of rotatable bonds is 5. The van der Waals surface area contributed by atoms with Crippen LogP contribution in [0.5, 0.6) is 0 Å². The van der Waals surface area contributed by atoms with Crippen molar-refractivity contribution in [1.82, 2.24) is 0 Å². The molecule has 1 nitrogen and oxygen atoms in total. The average Bonchev–Trinajstić information content (AvgIpc) is 2.78. The van der Waals surface area contributed by atoms with Gasteiger partial charge < -0.3 is 0 Å². The molecule has 0 saturated heterocycles. The van der Waals surface area contributed by atoms with E-state index in [1.54, 1.807) is 0 Å². The first-order valence-electron chi connectivity index (χ1n) is 10.3. The molecule has 0 fully saturated rings. The third-order valence-corrected chi connectivity index (χ3v) is 7.78. The highest BCUT2D eigenvalue weighted by atomic mass is 31.1. The highest BCUT2D eigenvalue weighted by molar-refractivity contribution is 7.80. The van der Waals surface area contributed by atoms with E-state index in [9.17, 15) is 0 Å². The Balaban J connectivity index is 1.88. The summed E-state index contributed by atoms with van der Waals surface area (Å²) in [5.41, 5.74) is 5.77. The summed E-state index contributed by atoms with van der Waals surface area (Å²) in [5, 5.41) is 4.05. The van der Waals surface area contributed by atoms with E-state index in [1.165, 1.54) is 32.6 Å². The Morgan fingerprint density at radius 1 is 0.600 bits per heavy atom. The predicted octanol–water partition coefficient (Wildman–Crippen LogP) is 6.20. The van der Waals surface area contributed by atoms with Crippen molar-refractivity contribution >= 4 is 35.2 Å². The molecule has 4 aromatic rings. The smallest absolute Gasteiger partial charge is 0.0691 e. The number of hydrogen-bond acceptors (Lipinski definition) is 1. The van der Waals surface area contributed by atoms with Crippen molar-refractivity contribution in [3.05, 3.63) is 120 Å². The molecule has 0 atom stereocenters. The molecular formula is C28H26NP. The maximum absolute atomic E-state index is 5.09. The van der Waals surface area contributed by atoms with Crippen molar-refractivity contribution < 1.29 is 0 Å². The van der Waals surface area contributed by atoms with Gasteiger partial charge in [-0.15, -0.1) is 0 Å². The summed E-state index contributed by atoms with van der Waals surface area (Å²) in [6.45, 7) is 6.39. The molecule has 0 spiro atoms. The fourth-order valence-electron chi connectivity index (χ4n) is 3.77. The zero-order valence-corrected chi connectivity index (χ0v) is 18.6. The number of nitrogens with zero attached hydrogens (tertiary/aromatic N) is 1. The molecule has 0 aliphatic rings. The first-order chi connectivity index (χ1) is 14.6. The molecule has 0 N–H and O–H groups in total. The van der Waals surface area contributed by atoms with Crippen molar-refractivity contribution in [3.63, 3.8) is 0 Å². The van der Waals surface area contributed by atoms with E-state index in [-0.39, 0.29) is 0 Å². The van der Waals surface area contributed by atoms with Gasteiger partial charge in [0.1, 0.15) is 0 Å². The van der Waals surface area contributed by atoms with Gasteiger partial charge >= 0.3 is 0 Å². The molecule has 0 heterocycles. The number of aryl methyl sites for hydroxylation is 2. The van der Waals surface area contributed by atoms with E-state index < -0.39 is 7.92 Å². The van der Waals surface area contributed by atoms with Crippen LogP contribution in [0.15, 0.2) is 108 Å². The van der Waals surface area contributed by atoms with Crippen LogP contribution < -0.4 is 15.9 Å². The van der Waals surface area contributed by atoms with Gasteiger partial charge in [-0.1, -0.05) is 103 Å². The predicted molar refractivity (Wildman–Crippen MR) is 133 cm³/mol. The molecule has 0 aromatic heterocycles. The molecule has 30 heavy (non-hydrogen) atoms.